The molecule has 3 nitrogen and oxygen atoms in total. The normalized spacial score (nSPS) is 42.2. The molecule has 76 valence electrons. The molecule has 2 saturated heterocycles. The van der Waals surface area contributed by atoms with E-state index < -0.39 is 0 Å². The van der Waals surface area contributed by atoms with Gasteiger partial charge < -0.3 is 15.2 Å². The Morgan fingerprint density at radius 1 is 1.54 bits per heavy atom. The molecule has 0 aromatic heterocycles. The largest absolute Gasteiger partial charge is 0.377 e. The van der Waals surface area contributed by atoms with E-state index >= 15 is 0 Å². The van der Waals surface area contributed by atoms with Crippen molar-refractivity contribution in [3.05, 3.63) is 0 Å². The third-order valence-corrected chi connectivity index (χ3v) is 3.76. The monoisotopic (exact) mass is 185 g/mol. The van der Waals surface area contributed by atoms with Crippen molar-refractivity contribution in [1.82, 2.24) is 0 Å². The molecule has 4 atom stereocenters. The molecule has 0 saturated carbocycles. The lowest BCUT2D eigenvalue weighted by molar-refractivity contribution is -0.0579. The molecule has 2 rings (SSSR count). The van der Waals surface area contributed by atoms with Crippen molar-refractivity contribution in [3.63, 3.8) is 0 Å². The van der Waals surface area contributed by atoms with Crippen LogP contribution in [-0.2, 0) is 9.47 Å². The van der Waals surface area contributed by atoms with Gasteiger partial charge in [-0.1, -0.05) is 0 Å². The van der Waals surface area contributed by atoms with Gasteiger partial charge in [-0.2, -0.15) is 0 Å². The topological polar surface area (TPSA) is 44.5 Å². The molecule has 2 aliphatic rings. The molecule has 3 heteroatoms. The molecule has 2 bridgehead atoms. The Morgan fingerprint density at radius 3 is 2.69 bits per heavy atom. The Kier molecular flexibility index (Phi) is 2.34. The molecule has 0 aliphatic carbocycles. The Bertz CT molecular complexity index is 191. The van der Waals surface area contributed by atoms with Gasteiger partial charge in [0.25, 0.3) is 0 Å². The number of hydrogen-bond donors (Lipinski definition) is 1. The van der Waals surface area contributed by atoms with Gasteiger partial charge in [0.1, 0.15) is 0 Å². The van der Waals surface area contributed by atoms with E-state index in [1.807, 2.05) is 0 Å². The number of nitrogens with two attached hydrogens (primary N) is 1. The summed E-state index contributed by atoms with van der Waals surface area (Å²) in [7, 11) is 1.75. The summed E-state index contributed by atoms with van der Waals surface area (Å²) in [6, 6.07) is 0. The maximum Gasteiger partial charge on any atom is 0.0826 e. The van der Waals surface area contributed by atoms with Crippen molar-refractivity contribution >= 4 is 0 Å². The average Bonchev–Trinajstić information content (AvgIpc) is 2.77. The fraction of sp³-hybridized carbons (Fsp3) is 1.00. The van der Waals surface area contributed by atoms with Gasteiger partial charge in [0.05, 0.1) is 17.8 Å². The van der Waals surface area contributed by atoms with Crippen LogP contribution in [0.3, 0.4) is 0 Å². The van der Waals surface area contributed by atoms with Crippen LogP contribution in [0.2, 0.25) is 0 Å². The van der Waals surface area contributed by atoms with E-state index in [1.54, 1.807) is 7.11 Å². The van der Waals surface area contributed by atoms with Crippen molar-refractivity contribution in [2.75, 3.05) is 13.7 Å². The number of hydrogen-bond acceptors (Lipinski definition) is 3. The summed E-state index contributed by atoms with van der Waals surface area (Å²) in [6.45, 7) is 2.68. The molecule has 0 aromatic rings. The van der Waals surface area contributed by atoms with Gasteiger partial charge >= 0.3 is 0 Å². The quantitative estimate of drug-likeness (QED) is 0.711. The lowest BCUT2D eigenvalue weighted by Crippen LogP contribution is -2.47. The Morgan fingerprint density at radius 2 is 2.31 bits per heavy atom. The van der Waals surface area contributed by atoms with Crippen LogP contribution in [0, 0.1) is 5.92 Å². The van der Waals surface area contributed by atoms with Gasteiger partial charge in [0.15, 0.2) is 0 Å². The summed E-state index contributed by atoms with van der Waals surface area (Å²) < 4.78 is 11.3. The highest BCUT2D eigenvalue weighted by Crippen LogP contribution is 2.44. The van der Waals surface area contributed by atoms with E-state index in [-0.39, 0.29) is 5.60 Å². The highest BCUT2D eigenvalue weighted by Gasteiger charge is 2.49. The second-order valence-electron chi connectivity index (χ2n) is 4.44. The number of ether oxygens (including phenoxy) is 2. The first-order valence-electron chi connectivity index (χ1n) is 5.10. The standard InChI is InChI=1S/C10H19NO2/c1-10(6-11,12-2)8-5-7-3-4-9(8)13-7/h7-9H,3-6,11H2,1-2H3. The maximum atomic E-state index is 5.80. The van der Waals surface area contributed by atoms with Crippen molar-refractivity contribution < 1.29 is 9.47 Å². The van der Waals surface area contributed by atoms with E-state index in [4.69, 9.17) is 15.2 Å². The van der Waals surface area contributed by atoms with Crippen LogP contribution < -0.4 is 5.73 Å². The van der Waals surface area contributed by atoms with E-state index in [0.29, 0.717) is 24.7 Å². The Labute approximate surface area is 79.6 Å². The summed E-state index contributed by atoms with van der Waals surface area (Å²) in [6.07, 6.45) is 4.43. The van der Waals surface area contributed by atoms with Gasteiger partial charge in [-0.3, -0.25) is 0 Å². The minimum absolute atomic E-state index is 0.181. The third-order valence-electron chi connectivity index (χ3n) is 3.76. The molecule has 13 heavy (non-hydrogen) atoms. The molecule has 4 unspecified atom stereocenters. The summed E-state index contributed by atoms with van der Waals surface area (Å²) in [5.74, 6) is 0.501. The van der Waals surface area contributed by atoms with E-state index in [0.717, 1.165) is 6.42 Å². The van der Waals surface area contributed by atoms with Crippen molar-refractivity contribution in [1.29, 1.82) is 0 Å². The van der Waals surface area contributed by atoms with Crippen molar-refractivity contribution in [2.24, 2.45) is 11.7 Å². The maximum absolute atomic E-state index is 5.80. The first-order valence-corrected chi connectivity index (χ1v) is 5.10. The Balaban J connectivity index is 2.08. The van der Waals surface area contributed by atoms with Crippen molar-refractivity contribution in [2.45, 2.75) is 44.0 Å². The second-order valence-corrected chi connectivity index (χ2v) is 4.44. The van der Waals surface area contributed by atoms with Crippen LogP contribution >= 0.6 is 0 Å². The zero-order chi connectivity index (χ0) is 9.47. The summed E-state index contributed by atoms with van der Waals surface area (Å²) in [5, 5.41) is 0. The predicted molar refractivity (Wildman–Crippen MR) is 50.5 cm³/mol. The molecule has 2 heterocycles. The SMILES string of the molecule is COC(C)(CN)C1CC2CCC1O2. The minimum Gasteiger partial charge on any atom is -0.377 e. The van der Waals surface area contributed by atoms with Crippen LogP contribution in [-0.4, -0.2) is 31.5 Å². The fourth-order valence-electron chi connectivity index (χ4n) is 2.67. The summed E-state index contributed by atoms with van der Waals surface area (Å²) in [4.78, 5) is 0. The number of fused-ring (bicyclic) bond motifs is 2. The smallest absolute Gasteiger partial charge is 0.0826 e. The van der Waals surface area contributed by atoms with Crippen molar-refractivity contribution in [3.8, 4) is 0 Å². The zero-order valence-electron chi connectivity index (χ0n) is 8.45. The lowest BCUT2D eigenvalue weighted by Gasteiger charge is -2.36. The lowest BCUT2D eigenvalue weighted by atomic mass is 9.77. The third kappa shape index (κ3) is 1.39. The minimum atomic E-state index is -0.181. The van der Waals surface area contributed by atoms with E-state index in [9.17, 15) is 0 Å². The number of methoxy groups -OCH3 is 1. The van der Waals surface area contributed by atoms with Crippen LogP contribution in [0.5, 0.6) is 0 Å². The highest BCUT2D eigenvalue weighted by molar-refractivity contribution is 4.99. The zero-order valence-corrected chi connectivity index (χ0v) is 8.45. The van der Waals surface area contributed by atoms with Crippen LogP contribution in [0.4, 0.5) is 0 Å². The molecule has 2 aliphatic heterocycles. The van der Waals surface area contributed by atoms with E-state index in [1.165, 1.54) is 12.8 Å². The summed E-state index contributed by atoms with van der Waals surface area (Å²) >= 11 is 0. The van der Waals surface area contributed by atoms with E-state index in [2.05, 4.69) is 6.92 Å². The molecule has 0 amide bonds. The molecule has 0 spiro atoms. The van der Waals surface area contributed by atoms with Crippen LogP contribution in [0.15, 0.2) is 0 Å². The fourth-order valence-corrected chi connectivity index (χ4v) is 2.67. The molecular formula is C10H19NO2. The molecule has 2 fully saturated rings. The number of rotatable bonds is 3. The average molecular weight is 185 g/mol. The van der Waals surface area contributed by atoms with Gasteiger partial charge in [-0.15, -0.1) is 0 Å². The van der Waals surface area contributed by atoms with Gasteiger partial charge in [-0.05, 0) is 26.2 Å². The molecule has 2 N–H and O–H groups in total. The second kappa shape index (κ2) is 3.23. The first kappa shape index (κ1) is 9.44. The van der Waals surface area contributed by atoms with Gasteiger partial charge in [-0.25, -0.2) is 0 Å². The van der Waals surface area contributed by atoms with Crippen LogP contribution in [0.1, 0.15) is 26.2 Å². The Hall–Kier alpha value is -0.120. The van der Waals surface area contributed by atoms with Crippen LogP contribution in [0.25, 0.3) is 0 Å². The van der Waals surface area contributed by atoms with Gasteiger partial charge in [0.2, 0.25) is 0 Å². The summed E-state index contributed by atoms with van der Waals surface area (Å²) in [5.41, 5.74) is 5.57. The molecule has 0 radical (unpaired) electrons. The van der Waals surface area contributed by atoms with Gasteiger partial charge in [0, 0.05) is 19.6 Å². The molecule has 0 aromatic carbocycles. The highest BCUT2D eigenvalue weighted by atomic mass is 16.5. The molecular weight excluding hydrogens is 166 g/mol. The first-order chi connectivity index (χ1) is 6.19. The predicted octanol–water partition coefficient (Wildman–Crippen LogP) is 0.918.